The molecule has 1 aromatic rings. The number of nitrogens with zero attached hydrogens (tertiary/aromatic N) is 2. The van der Waals surface area contributed by atoms with Crippen LogP contribution in [0.4, 0.5) is 0 Å². The molecule has 4 heteroatoms. The quantitative estimate of drug-likeness (QED) is 0.744. The standard InChI is InChI=1S/C9H15N3O/c1-3-10-9(13)4-5-12-7-8(2)6-11-12/h6-7H,3-5H2,1-2H3,(H,10,13). The highest BCUT2D eigenvalue weighted by atomic mass is 16.1. The van der Waals surface area contributed by atoms with Crippen molar-refractivity contribution in [2.75, 3.05) is 6.54 Å². The van der Waals surface area contributed by atoms with Gasteiger partial charge >= 0.3 is 0 Å². The predicted molar refractivity (Wildman–Crippen MR) is 50.3 cm³/mol. The average molecular weight is 181 g/mol. The fraction of sp³-hybridized carbons (Fsp3) is 0.556. The van der Waals surface area contributed by atoms with Crippen molar-refractivity contribution in [1.82, 2.24) is 15.1 Å². The summed E-state index contributed by atoms with van der Waals surface area (Å²) in [6.07, 6.45) is 4.21. The van der Waals surface area contributed by atoms with Gasteiger partial charge in [-0.25, -0.2) is 0 Å². The number of aryl methyl sites for hydroxylation is 2. The summed E-state index contributed by atoms with van der Waals surface area (Å²) >= 11 is 0. The summed E-state index contributed by atoms with van der Waals surface area (Å²) < 4.78 is 1.78. The van der Waals surface area contributed by atoms with Crippen molar-refractivity contribution in [3.8, 4) is 0 Å². The summed E-state index contributed by atoms with van der Waals surface area (Å²) in [5.74, 6) is 0.0793. The van der Waals surface area contributed by atoms with Crippen LogP contribution in [-0.4, -0.2) is 22.2 Å². The van der Waals surface area contributed by atoms with Crippen LogP contribution in [0.25, 0.3) is 0 Å². The van der Waals surface area contributed by atoms with Gasteiger partial charge in [0.15, 0.2) is 0 Å². The molecule has 1 heterocycles. The van der Waals surface area contributed by atoms with Gasteiger partial charge in [0.25, 0.3) is 0 Å². The lowest BCUT2D eigenvalue weighted by Gasteiger charge is -2.01. The molecular weight excluding hydrogens is 166 g/mol. The number of carbonyl (C=O) groups is 1. The van der Waals surface area contributed by atoms with Crippen LogP contribution < -0.4 is 5.32 Å². The van der Waals surface area contributed by atoms with Crippen molar-refractivity contribution in [2.45, 2.75) is 26.8 Å². The van der Waals surface area contributed by atoms with Gasteiger partial charge in [-0.2, -0.15) is 5.10 Å². The molecule has 0 unspecified atom stereocenters. The number of nitrogens with one attached hydrogen (secondary N) is 1. The van der Waals surface area contributed by atoms with Crippen LogP contribution in [0.3, 0.4) is 0 Å². The highest BCUT2D eigenvalue weighted by Crippen LogP contribution is 1.95. The van der Waals surface area contributed by atoms with E-state index in [4.69, 9.17) is 0 Å². The Balaban J connectivity index is 2.30. The lowest BCUT2D eigenvalue weighted by Crippen LogP contribution is -2.23. The van der Waals surface area contributed by atoms with Gasteiger partial charge in [0.1, 0.15) is 0 Å². The molecule has 4 nitrogen and oxygen atoms in total. The highest BCUT2D eigenvalue weighted by Gasteiger charge is 2.00. The number of hydrogen-bond donors (Lipinski definition) is 1. The first kappa shape index (κ1) is 9.77. The third-order valence-electron chi connectivity index (χ3n) is 1.70. The minimum absolute atomic E-state index is 0.0793. The molecule has 0 fully saturated rings. The number of aromatic nitrogens is 2. The molecule has 0 saturated heterocycles. The summed E-state index contributed by atoms with van der Waals surface area (Å²) in [6, 6.07) is 0. The molecule has 13 heavy (non-hydrogen) atoms. The van der Waals surface area contributed by atoms with E-state index in [-0.39, 0.29) is 5.91 Å². The Bertz CT molecular complexity index is 280. The Morgan fingerprint density at radius 3 is 3.00 bits per heavy atom. The zero-order chi connectivity index (χ0) is 9.68. The van der Waals surface area contributed by atoms with E-state index in [0.29, 0.717) is 19.5 Å². The van der Waals surface area contributed by atoms with Crippen LogP contribution in [0.5, 0.6) is 0 Å². The molecule has 1 rings (SSSR count). The van der Waals surface area contributed by atoms with Crippen LogP contribution in [0.15, 0.2) is 12.4 Å². The van der Waals surface area contributed by atoms with Gasteiger partial charge in [-0.3, -0.25) is 9.48 Å². The maximum Gasteiger partial charge on any atom is 0.221 e. The summed E-state index contributed by atoms with van der Waals surface area (Å²) in [5, 5.41) is 6.83. The third-order valence-corrected chi connectivity index (χ3v) is 1.70. The Morgan fingerprint density at radius 2 is 2.46 bits per heavy atom. The van der Waals surface area contributed by atoms with Crippen molar-refractivity contribution in [1.29, 1.82) is 0 Å². The number of rotatable bonds is 4. The topological polar surface area (TPSA) is 46.9 Å². The smallest absolute Gasteiger partial charge is 0.221 e. The molecule has 0 atom stereocenters. The molecule has 0 bridgehead atoms. The highest BCUT2D eigenvalue weighted by molar-refractivity contribution is 5.75. The number of carbonyl (C=O) groups excluding carboxylic acids is 1. The van der Waals surface area contributed by atoms with E-state index in [1.165, 1.54) is 0 Å². The SMILES string of the molecule is CCNC(=O)CCn1cc(C)cn1. The van der Waals surface area contributed by atoms with E-state index in [1.807, 2.05) is 20.0 Å². The second-order valence-corrected chi connectivity index (χ2v) is 2.98. The van der Waals surface area contributed by atoms with Gasteiger partial charge in [-0.1, -0.05) is 0 Å². The van der Waals surface area contributed by atoms with Crippen LogP contribution in [0, 0.1) is 6.92 Å². The van der Waals surface area contributed by atoms with Crippen molar-refractivity contribution in [3.05, 3.63) is 18.0 Å². The Hall–Kier alpha value is -1.32. The summed E-state index contributed by atoms with van der Waals surface area (Å²) in [7, 11) is 0. The van der Waals surface area contributed by atoms with E-state index in [0.717, 1.165) is 5.56 Å². The van der Waals surface area contributed by atoms with Crippen LogP contribution in [0.2, 0.25) is 0 Å². The molecule has 0 aliphatic rings. The molecule has 0 radical (unpaired) electrons. The molecule has 1 N–H and O–H groups in total. The Kier molecular flexibility index (Phi) is 3.49. The molecule has 0 saturated carbocycles. The molecule has 1 amide bonds. The first-order valence-corrected chi connectivity index (χ1v) is 4.48. The van der Waals surface area contributed by atoms with E-state index in [9.17, 15) is 4.79 Å². The molecular formula is C9H15N3O. The predicted octanol–water partition coefficient (Wildman–Crippen LogP) is 0.718. The van der Waals surface area contributed by atoms with Gasteiger partial charge in [-0.15, -0.1) is 0 Å². The first-order valence-electron chi connectivity index (χ1n) is 4.48. The Morgan fingerprint density at radius 1 is 1.69 bits per heavy atom. The summed E-state index contributed by atoms with van der Waals surface area (Å²) in [6.45, 7) is 5.24. The van der Waals surface area contributed by atoms with E-state index >= 15 is 0 Å². The minimum atomic E-state index is 0.0793. The molecule has 0 spiro atoms. The van der Waals surface area contributed by atoms with Crippen molar-refractivity contribution >= 4 is 5.91 Å². The molecule has 0 aromatic carbocycles. The van der Waals surface area contributed by atoms with Crippen molar-refractivity contribution in [3.63, 3.8) is 0 Å². The van der Waals surface area contributed by atoms with Crippen LogP contribution >= 0.6 is 0 Å². The second-order valence-electron chi connectivity index (χ2n) is 2.98. The summed E-state index contributed by atoms with van der Waals surface area (Å²) in [4.78, 5) is 11.1. The van der Waals surface area contributed by atoms with E-state index < -0.39 is 0 Å². The summed E-state index contributed by atoms with van der Waals surface area (Å²) in [5.41, 5.74) is 1.12. The number of amides is 1. The zero-order valence-electron chi connectivity index (χ0n) is 8.08. The zero-order valence-corrected chi connectivity index (χ0v) is 8.08. The Labute approximate surface area is 77.9 Å². The van der Waals surface area contributed by atoms with Gasteiger partial charge in [0.2, 0.25) is 5.91 Å². The molecule has 0 aliphatic carbocycles. The van der Waals surface area contributed by atoms with Gasteiger partial charge in [-0.05, 0) is 19.4 Å². The molecule has 72 valence electrons. The minimum Gasteiger partial charge on any atom is -0.356 e. The van der Waals surface area contributed by atoms with E-state index in [2.05, 4.69) is 10.4 Å². The maximum absolute atomic E-state index is 11.1. The average Bonchev–Trinajstić information content (AvgIpc) is 2.49. The molecule has 1 aromatic heterocycles. The van der Waals surface area contributed by atoms with Gasteiger partial charge in [0.05, 0.1) is 6.20 Å². The fourth-order valence-electron chi connectivity index (χ4n) is 1.09. The number of hydrogen-bond acceptors (Lipinski definition) is 2. The van der Waals surface area contributed by atoms with Crippen molar-refractivity contribution in [2.24, 2.45) is 0 Å². The van der Waals surface area contributed by atoms with Crippen LogP contribution in [0.1, 0.15) is 18.9 Å². The van der Waals surface area contributed by atoms with Gasteiger partial charge < -0.3 is 5.32 Å². The lowest BCUT2D eigenvalue weighted by atomic mass is 10.4. The molecule has 0 aliphatic heterocycles. The van der Waals surface area contributed by atoms with Gasteiger partial charge in [0, 0.05) is 25.7 Å². The van der Waals surface area contributed by atoms with Crippen molar-refractivity contribution < 1.29 is 4.79 Å². The first-order chi connectivity index (χ1) is 6.22. The monoisotopic (exact) mass is 181 g/mol. The third kappa shape index (κ3) is 3.27. The second kappa shape index (κ2) is 4.64. The maximum atomic E-state index is 11.1. The largest absolute Gasteiger partial charge is 0.356 e. The normalized spacial score (nSPS) is 10.0. The lowest BCUT2D eigenvalue weighted by molar-refractivity contribution is -0.121. The fourth-order valence-corrected chi connectivity index (χ4v) is 1.09. The van der Waals surface area contributed by atoms with E-state index in [1.54, 1.807) is 10.9 Å². The van der Waals surface area contributed by atoms with Crippen LogP contribution in [-0.2, 0) is 11.3 Å².